The van der Waals surface area contributed by atoms with Crippen molar-refractivity contribution in [1.82, 2.24) is 9.88 Å². The van der Waals surface area contributed by atoms with E-state index in [1.54, 1.807) is 21.6 Å². The fourth-order valence-corrected chi connectivity index (χ4v) is 3.71. The zero-order valence-corrected chi connectivity index (χ0v) is 12.1. The molecule has 3 heterocycles. The molecule has 3 rings (SSSR count). The van der Waals surface area contributed by atoms with E-state index in [0.29, 0.717) is 18.7 Å². The third kappa shape index (κ3) is 2.46. The normalized spacial score (nSPS) is 18.4. The molecule has 2 aromatic heterocycles. The summed E-state index contributed by atoms with van der Waals surface area (Å²) in [5.41, 5.74) is 1.42. The van der Waals surface area contributed by atoms with E-state index in [0.717, 1.165) is 10.6 Å². The quantitative estimate of drug-likeness (QED) is 0.945. The molecule has 7 heteroatoms. The van der Waals surface area contributed by atoms with Gasteiger partial charge in [-0.3, -0.25) is 9.59 Å². The number of likely N-dealkylation sites (tertiary alicyclic amines) is 1. The Bertz CT molecular complexity index is 636. The summed E-state index contributed by atoms with van der Waals surface area (Å²) < 4.78 is 0. The van der Waals surface area contributed by atoms with Crippen molar-refractivity contribution in [2.75, 3.05) is 13.1 Å². The van der Waals surface area contributed by atoms with E-state index in [1.165, 1.54) is 11.3 Å². The summed E-state index contributed by atoms with van der Waals surface area (Å²) in [6.45, 7) is 0.764. The lowest BCUT2D eigenvalue weighted by molar-refractivity contribution is -0.141. The highest BCUT2D eigenvalue weighted by atomic mass is 32.1. The van der Waals surface area contributed by atoms with E-state index >= 15 is 0 Å². The van der Waals surface area contributed by atoms with Crippen LogP contribution in [0, 0.1) is 5.92 Å². The van der Waals surface area contributed by atoms with E-state index in [1.807, 2.05) is 16.8 Å². The molecule has 0 bridgehead atoms. The number of carbonyl (C=O) groups excluding carboxylic acids is 1. The maximum absolute atomic E-state index is 12.3. The van der Waals surface area contributed by atoms with Crippen LogP contribution < -0.4 is 0 Å². The minimum Gasteiger partial charge on any atom is -0.481 e. The molecule has 1 unspecified atom stereocenters. The van der Waals surface area contributed by atoms with Crippen molar-refractivity contribution in [2.24, 2.45) is 5.92 Å². The van der Waals surface area contributed by atoms with E-state index in [9.17, 15) is 9.59 Å². The topological polar surface area (TPSA) is 70.5 Å². The van der Waals surface area contributed by atoms with Gasteiger partial charge >= 0.3 is 5.97 Å². The number of thiophene rings is 1. The number of amides is 1. The molecule has 2 aromatic rings. The molecule has 104 valence electrons. The van der Waals surface area contributed by atoms with Crippen LogP contribution in [0.1, 0.15) is 16.9 Å². The molecular formula is C13H12N2O3S2. The highest BCUT2D eigenvalue weighted by molar-refractivity contribution is 7.14. The molecule has 1 atom stereocenters. The summed E-state index contributed by atoms with van der Waals surface area (Å²) in [5, 5.41) is 15.5. The van der Waals surface area contributed by atoms with Crippen LogP contribution in [0.2, 0.25) is 0 Å². The Kier molecular flexibility index (Phi) is 3.54. The van der Waals surface area contributed by atoms with Crippen molar-refractivity contribution in [1.29, 1.82) is 0 Å². The number of carboxylic acid groups (broad SMARTS) is 1. The summed E-state index contributed by atoms with van der Waals surface area (Å²) in [4.78, 5) is 29.1. The highest BCUT2D eigenvalue weighted by Gasteiger charge is 2.32. The smallest absolute Gasteiger partial charge is 0.308 e. The van der Waals surface area contributed by atoms with E-state index in [-0.39, 0.29) is 12.5 Å². The first kappa shape index (κ1) is 13.3. The fraction of sp³-hybridized carbons (Fsp3) is 0.308. The summed E-state index contributed by atoms with van der Waals surface area (Å²) in [6, 6.07) is 1.97. The maximum Gasteiger partial charge on any atom is 0.308 e. The largest absolute Gasteiger partial charge is 0.481 e. The average molecular weight is 308 g/mol. The van der Waals surface area contributed by atoms with Crippen molar-refractivity contribution in [3.8, 4) is 10.6 Å². The number of hydrogen-bond donors (Lipinski definition) is 1. The molecule has 1 saturated heterocycles. The van der Waals surface area contributed by atoms with E-state index in [4.69, 9.17) is 5.11 Å². The first-order chi connectivity index (χ1) is 9.65. The average Bonchev–Trinajstić information content (AvgIpc) is 3.17. The van der Waals surface area contributed by atoms with Crippen LogP contribution in [0.15, 0.2) is 22.2 Å². The number of carboxylic acids is 1. The summed E-state index contributed by atoms with van der Waals surface area (Å²) >= 11 is 3.02. The van der Waals surface area contributed by atoms with Gasteiger partial charge in [-0.25, -0.2) is 4.98 Å². The van der Waals surface area contributed by atoms with Crippen LogP contribution in [0.4, 0.5) is 0 Å². The molecule has 0 aromatic carbocycles. The molecule has 20 heavy (non-hydrogen) atoms. The predicted molar refractivity (Wildman–Crippen MR) is 77.1 cm³/mol. The minimum atomic E-state index is -0.836. The van der Waals surface area contributed by atoms with Crippen LogP contribution in [0.25, 0.3) is 10.6 Å². The second kappa shape index (κ2) is 5.34. The maximum atomic E-state index is 12.3. The van der Waals surface area contributed by atoms with Gasteiger partial charge in [-0.05, 0) is 17.9 Å². The molecule has 1 aliphatic heterocycles. The third-order valence-corrected chi connectivity index (χ3v) is 4.89. The Balaban J connectivity index is 1.74. The fourth-order valence-electron chi connectivity index (χ4n) is 2.20. The Morgan fingerprint density at radius 3 is 2.90 bits per heavy atom. The Morgan fingerprint density at radius 1 is 1.40 bits per heavy atom. The van der Waals surface area contributed by atoms with Crippen LogP contribution in [0.3, 0.4) is 0 Å². The number of hydrogen-bond acceptors (Lipinski definition) is 5. The van der Waals surface area contributed by atoms with Gasteiger partial charge in [0.1, 0.15) is 10.7 Å². The van der Waals surface area contributed by atoms with Gasteiger partial charge in [-0.15, -0.1) is 11.3 Å². The first-order valence-electron chi connectivity index (χ1n) is 6.15. The third-order valence-electron chi connectivity index (χ3n) is 3.32. The van der Waals surface area contributed by atoms with Crippen LogP contribution in [0.5, 0.6) is 0 Å². The zero-order chi connectivity index (χ0) is 14.1. The highest BCUT2D eigenvalue weighted by Crippen LogP contribution is 2.27. The standard InChI is InChI=1S/C13H12N2O3S2/c16-12(15-3-1-8(5-15)13(17)18)10-7-20-11(14-10)9-2-4-19-6-9/h2,4,6-8H,1,3,5H2,(H,17,18). The Morgan fingerprint density at radius 2 is 2.25 bits per heavy atom. The van der Waals surface area contributed by atoms with Gasteiger partial charge in [0, 0.05) is 29.4 Å². The predicted octanol–water partition coefficient (Wildman–Crippen LogP) is 2.42. The summed E-state index contributed by atoms with van der Waals surface area (Å²) in [6.07, 6.45) is 0.516. The molecular weight excluding hydrogens is 296 g/mol. The van der Waals surface area contributed by atoms with Gasteiger partial charge < -0.3 is 10.0 Å². The molecule has 0 saturated carbocycles. The number of carbonyl (C=O) groups is 2. The second-order valence-electron chi connectivity index (χ2n) is 4.62. The van der Waals surface area contributed by atoms with Gasteiger partial charge in [0.15, 0.2) is 0 Å². The van der Waals surface area contributed by atoms with Crippen molar-refractivity contribution in [3.63, 3.8) is 0 Å². The molecule has 1 N–H and O–H groups in total. The van der Waals surface area contributed by atoms with Gasteiger partial charge in [-0.1, -0.05) is 0 Å². The number of thiazole rings is 1. The lowest BCUT2D eigenvalue weighted by atomic mass is 10.1. The molecule has 5 nitrogen and oxygen atoms in total. The van der Waals surface area contributed by atoms with Gasteiger partial charge in [-0.2, -0.15) is 11.3 Å². The minimum absolute atomic E-state index is 0.175. The second-order valence-corrected chi connectivity index (χ2v) is 6.26. The van der Waals surface area contributed by atoms with E-state index < -0.39 is 11.9 Å². The lowest BCUT2D eigenvalue weighted by Gasteiger charge is -2.13. The van der Waals surface area contributed by atoms with Crippen molar-refractivity contribution < 1.29 is 14.7 Å². The SMILES string of the molecule is O=C(O)C1CCN(C(=O)c2csc(-c3ccsc3)n2)C1. The van der Waals surface area contributed by atoms with Gasteiger partial charge in [0.25, 0.3) is 5.91 Å². The molecule has 0 aliphatic carbocycles. The first-order valence-corrected chi connectivity index (χ1v) is 7.97. The molecule has 1 fully saturated rings. The number of nitrogens with zero attached hydrogens (tertiary/aromatic N) is 2. The van der Waals surface area contributed by atoms with Crippen molar-refractivity contribution in [3.05, 3.63) is 27.9 Å². The molecule has 0 spiro atoms. The van der Waals surface area contributed by atoms with E-state index in [2.05, 4.69) is 4.98 Å². The van der Waals surface area contributed by atoms with Crippen LogP contribution >= 0.6 is 22.7 Å². The number of aromatic nitrogens is 1. The van der Waals surface area contributed by atoms with Gasteiger partial charge in [0.05, 0.1) is 5.92 Å². The summed E-state index contributed by atoms with van der Waals surface area (Å²) in [5.74, 6) is -1.46. The monoisotopic (exact) mass is 308 g/mol. The Labute approximate surface area is 123 Å². The number of aliphatic carboxylic acids is 1. The zero-order valence-electron chi connectivity index (χ0n) is 10.5. The van der Waals surface area contributed by atoms with Crippen LogP contribution in [-0.4, -0.2) is 40.0 Å². The molecule has 1 aliphatic rings. The lowest BCUT2D eigenvalue weighted by Crippen LogP contribution is -2.30. The Hall–Kier alpha value is -1.73. The summed E-state index contributed by atoms with van der Waals surface area (Å²) in [7, 11) is 0. The van der Waals surface area contributed by atoms with Crippen LogP contribution in [-0.2, 0) is 4.79 Å². The van der Waals surface area contributed by atoms with Crippen molar-refractivity contribution in [2.45, 2.75) is 6.42 Å². The number of rotatable bonds is 3. The van der Waals surface area contributed by atoms with Crippen molar-refractivity contribution >= 4 is 34.6 Å². The molecule has 0 radical (unpaired) electrons. The molecule has 1 amide bonds. The van der Waals surface area contributed by atoms with Gasteiger partial charge in [0.2, 0.25) is 0 Å².